The Morgan fingerprint density at radius 3 is 2.20 bits per heavy atom. The Labute approximate surface area is 242 Å². The van der Waals surface area contributed by atoms with Gasteiger partial charge >= 0.3 is 6.18 Å². The van der Waals surface area contributed by atoms with E-state index >= 15 is 0 Å². The van der Waals surface area contributed by atoms with Crippen LogP contribution in [0.25, 0.3) is 0 Å². The molecule has 2 aromatic carbocycles. The number of nitrogens with zero attached hydrogens (tertiary/aromatic N) is 4. The highest BCUT2D eigenvalue weighted by molar-refractivity contribution is 7.80. The molecule has 1 saturated heterocycles. The summed E-state index contributed by atoms with van der Waals surface area (Å²) in [6.45, 7) is 2.97. The van der Waals surface area contributed by atoms with E-state index in [1.54, 1.807) is 0 Å². The molecule has 1 aromatic heterocycles. The Hall–Kier alpha value is -3.11. The highest BCUT2D eigenvalue weighted by Gasteiger charge is 2.36. The number of rotatable bonds is 6. The first-order chi connectivity index (χ1) is 19.2. The van der Waals surface area contributed by atoms with Crippen molar-refractivity contribution in [2.75, 3.05) is 47.8 Å². The fourth-order valence-electron chi connectivity index (χ4n) is 5.62. The minimum Gasteiger partial charge on any atom is -0.368 e. The zero-order valence-corrected chi connectivity index (χ0v) is 23.6. The Kier molecular flexibility index (Phi) is 8.65. The molecule has 1 aliphatic carbocycles. The number of aromatic nitrogens is 2. The molecule has 40 heavy (non-hydrogen) atoms. The zero-order valence-electron chi connectivity index (χ0n) is 22.1. The summed E-state index contributed by atoms with van der Waals surface area (Å²) in [6, 6.07) is 18.9. The second-order valence-electron chi connectivity index (χ2n) is 10.4. The van der Waals surface area contributed by atoms with Gasteiger partial charge in [0.25, 0.3) is 0 Å². The molecule has 0 radical (unpaired) electrons. The second-order valence-corrected chi connectivity index (χ2v) is 11.2. The largest absolute Gasteiger partial charge is 0.433 e. The van der Waals surface area contributed by atoms with E-state index in [1.807, 2.05) is 59.5 Å². The molecule has 2 fully saturated rings. The molecule has 6 nitrogen and oxygen atoms in total. The summed E-state index contributed by atoms with van der Waals surface area (Å²) in [5.74, 6) is 0.0576. The van der Waals surface area contributed by atoms with Gasteiger partial charge in [0.2, 0.25) is 5.95 Å². The van der Waals surface area contributed by atoms with Crippen molar-refractivity contribution >= 4 is 46.4 Å². The molecule has 212 valence electrons. The molecule has 11 heteroatoms. The number of hydrogen-bond donors (Lipinski definition) is 2. The minimum absolute atomic E-state index is 0.132. The molecule has 2 aliphatic rings. The summed E-state index contributed by atoms with van der Waals surface area (Å²) in [6.07, 6.45) is 0.741. The van der Waals surface area contributed by atoms with Crippen LogP contribution in [-0.2, 0) is 11.6 Å². The lowest BCUT2D eigenvalue weighted by Gasteiger charge is -2.38. The van der Waals surface area contributed by atoms with Crippen LogP contribution in [0.5, 0.6) is 0 Å². The van der Waals surface area contributed by atoms with Crippen molar-refractivity contribution in [1.29, 1.82) is 0 Å². The fourth-order valence-corrected chi connectivity index (χ4v) is 5.91. The Balaban J connectivity index is 1.28. The quantitative estimate of drug-likeness (QED) is 0.312. The Bertz CT molecular complexity index is 1290. The van der Waals surface area contributed by atoms with Crippen LogP contribution in [0.4, 0.5) is 30.6 Å². The number of alkyl halides is 3. The third-order valence-electron chi connectivity index (χ3n) is 7.81. The van der Waals surface area contributed by atoms with E-state index in [0.717, 1.165) is 37.4 Å². The monoisotopic (exact) mass is 588 g/mol. The average Bonchev–Trinajstić information content (AvgIpc) is 2.97. The normalized spacial score (nSPS) is 17.4. The van der Waals surface area contributed by atoms with Gasteiger partial charge in [-0.25, -0.2) is 4.98 Å². The van der Waals surface area contributed by atoms with E-state index in [4.69, 9.17) is 23.8 Å². The molecule has 0 unspecified atom stereocenters. The van der Waals surface area contributed by atoms with Crippen molar-refractivity contribution in [3.05, 3.63) is 76.9 Å². The second kappa shape index (κ2) is 12.2. The van der Waals surface area contributed by atoms with Crippen LogP contribution in [-0.4, -0.2) is 47.8 Å². The SMILES string of the molecule is FC(F)(F)c1cc(N2CCN(c3ccccc3)CC2)nc(NC(=S)NCC2(c3ccc(Cl)cc3)CCCCC2)n1. The van der Waals surface area contributed by atoms with Gasteiger partial charge in [-0.3, -0.25) is 0 Å². The van der Waals surface area contributed by atoms with E-state index < -0.39 is 11.9 Å². The molecular formula is C29H32ClF3N6S. The van der Waals surface area contributed by atoms with Crippen molar-refractivity contribution in [2.24, 2.45) is 0 Å². The lowest BCUT2D eigenvalue weighted by molar-refractivity contribution is -0.141. The number of benzene rings is 2. The number of para-hydroxylation sites is 1. The van der Waals surface area contributed by atoms with Gasteiger partial charge in [0, 0.05) is 54.9 Å². The summed E-state index contributed by atoms with van der Waals surface area (Å²) < 4.78 is 41.4. The standard InChI is InChI=1S/C29H32ClF3N6S/c30-22-11-9-21(10-12-22)28(13-5-2-6-14-28)20-34-27(40)37-26-35-24(29(31,32)33)19-25(36-26)39-17-15-38(16-18-39)23-7-3-1-4-8-23/h1,3-4,7-12,19H,2,5-6,13-18,20H2,(H2,34,35,36,37,40). The summed E-state index contributed by atoms with van der Waals surface area (Å²) in [4.78, 5) is 12.3. The third kappa shape index (κ3) is 6.78. The summed E-state index contributed by atoms with van der Waals surface area (Å²) >= 11 is 11.6. The van der Waals surface area contributed by atoms with Gasteiger partial charge in [-0.05, 0) is 54.9 Å². The number of hydrogen-bond acceptors (Lipinski definition) is 5. The van der Waals surface area contributed by atoms with E-state index in [-0.39, 0.29) is 22.3 Å². The van der Waals surface area contributed by atoms with Crippen molar-refractivity contribution in [3.8, 4) is 0 Å². The first kappa shape index (κ1) is 28.4. The van der Waals surface area contributed by atoms with Gasteiger partial charge in [-0.15, -0.1) is 0 Å². The van der Waals surface area contributed by atoms with Gasteiger partial charge in [0.1, 0.15) is 5.82 Å². The van der Waals surface area contributed by atoms with Crippen molar-refractivity contribution in [2.45, 2.75) is 43.7 Å². The first-order valence-corrected chi connectivity index (χ1v) is 14.3. The highest BCUT2D eigenvalue weighted by Crippen LogP contribution is 2.39. The zero-order chi connectivity index (χ0) is 28.2. The van der Waals surface area contributed by atoms with E-state index in [0.29, 0.717) is 37.7 Å². The van der Waals surface area contributed by atoms with Crippen LogP contribution in [0.1, 0.15) is 43.4 Å². The van der Waals surface area contributed by atoms with Gasteiger partial charge in [-0.2, -0.15) is 18.2 Å². The predicted octanol–water partition coefficient (Wildman–Crippen LogP) is 6.66. The molecule has 0 spiro atoms. The van der Waals surface area contributed by atoms with Crippen molar-refractivity contribution < 1.29 is 13.2 Å². The molecule has 3 aromatic rings. The fraction of sp³-hybridized carbons (Fsp3) is 0.414. The minimum atomic E-state index is -4.62. The Morgan fingerprint density at radius 1 is 0.900 bits per heavy atom. The predicted molar refractivity (Wildman–Crippen MR) is 158 cm³/mol. The van der Waals surface area contributed by atoms with Crippen molar-refractivity contribution in [3.63, 3.8) is 0 Å². The van der Waals surface area contributed by atoms with Crippen LogP contribution in [0.2, 0.25) is 5.02 Å². The van der Waals surface area contributed by atoms with E-state index in [1.165, 1.54) is 12.0 Å². The Morgan fingerprint density at radius 2 is 1.55 bits per heavy atom. The third-order valence-corrected chi connectivity index (χ3v) is 8.31. The highest BCUT2D eigenvalue weighted by atomic mass is 35.5. The summed E-state index contributed by atoms with van der Waals surface area (Å²) in [5, 5.41) is 6.94. The topological polar surface area (TPSA) is 56.3 Å². The summed E-state index contributed by atoms with van der Waals surface area (Å²) in [5.41, 5.74) is 1.14. The number of nitrogens with one attached hydrogen (secondary N) is 2. The molecule has 0 amide bonds. The summed E-state index contributed by atoms with van der Waals surface area (Å²) in [7, 11) is 0. The molecule has 2 N–H and O–H groups in total. The molecular weight excluding hydrogens is 557 g/mol. The first-order valence-electron chi connectivity index (χ1n) is 13.5. The van der Waals surface area contributed by atoms with Gasteiger partial charge in [0.15, 0.2) is 10.8 Å². The lowest BCUT2D eigenvalue weighted by atomic mass is 9.69. The maximum Gasteiger partial charge on any atom is 0.433 e. The van der Waals surface area contributed by atoms with Crippen LogP contribution < -0.4 is 20.4 Å². The van der Waals surface area contributed by atoms with Gasteiger partial charge in [0.05, 0.1) is 0 Å². The van der Waals surface area contributed by atoms with Crippen LogP contribution in [0.3, 0.4) is 0 Å². The number of anilines is 3. The number of piperazine rings is 1. The smallest absolute Gasteiger partial charge is 0.368 e. The molecule has 2 heterocycles. The molecule has 1 saturated carbocycles. The molecule has 5 rings (SSSR count). The van der Waals surface area contributed by atoms with Crippen LogP contribution in [0.15, 0.2) is 60.7 Å². The molecule has 0 atom stereocenters. The molecule has 1 aliphatic heterocycles. The van der Waals surface area contributed by atoms with Crippen LogP contribution >= 0.6 is 23.8 Å². The van der Waals surface area contributed by atoms with Gasteiger partial charge < -0.3 is 20.4 Å². The lowest BCUT2D eigenvalue weighted by Crippen LogP contribution is -2.47. The van der Waals surface area contributed by atoms with E-state index in [9.17, 15) is 13.2 Å². The van der Waals surface area contributed by atoms with Gasteiger partial charge in [-0.1, -0.05) is 61.2 Å². The number of thiocarbonyl (C=S) groups is 1. The van der Waals surface area contributed by atoms with Crippen molar-refractivity contribution in [1.82, 2.24) is 15.3 Å². The van der Waals surface area contributed by atoms with Crippen LogP contribution in [0, 0.1) is 0 Å². The maximum absolute atomic E-state index is 13.8. The average molecular weight is 589 g/mol. The molecule has 0 bridgehead atoms. The number of halogens is 4. The van der Waals surface area contributed by atoms with E-state index in [2.05, 4.69) is 25.5 Å². The maximum atomic E-state index is 13.8.